The summed E-state index contributed by atoms with van der Waals surface area (Å²) in [7, 11) is 0. The molecule has 2 aliphatic carbocycles. The Kier molecular flexibility index (Phi) is 2.31. The van der Waals surface area contributed by atoms with Gasteiger partial charge in [-0.3, -0.25) is 9.59 Å². The summed E-state index contributed by atoms with van der Waals surface area (Å²) in [6, 6.07) is 0. The Bertz CT molecular complexity index is 367. The Morgan fingerprint density at radius 1 is 1.38 bits per heavy atom. The highest BCUT2D eigenvalue weighted by Gasteiger charge is 2.66. The van der Waals surface area contributed by atoms with Crippen LogP contribution < -0.4 is 5.73 Å². The van der Waals surface area contributed by atoms with Crippen molar-refractivity contribution in [1.29, 1.82) is 0 Å². The van der Waals surface area contributed by atoms with Crippen molar-refractivity contribution in [2.24, 2.45) is 29.4 Å². The van der Waals surface area contributed by atoms with E-state index in [2.05, 4.69) is 6.58 Å². The minimum Gasteiger partial charge on any atom is -0.481 e. The summed E-state index contributed by atoms with van der Waals surface area (Å²) in [6.45, 7) is 3.66. The van der Waals surface area contributed by atoms with Gasteiger partial charge in [0.25, 0.3) is 0 Å². The van der Waals surface area contributed by atoms with Crippen LogP contribution in [0.4, 0.5) is 0 Å². The van der Waals surface area contributed by atoms with Gasteiger partial charge in [0.1, 0.15) is 5.54 Å². The van der Waals surface area contributed by atoms with E-state index in [1.807, 2.05) is 0 Å². The summed E-state index contributed by atoms with van der Waals surface area (Å²) in [6.07, 6.45) is 2.97. The van der Waals surface area contributed by atoms with Crippen molar-refractivity contribution in [2.45, 2.75) is 18.4 Å². The van der Waals surface area contributed by atoms with E-state index in [-0.39, 0.29) is 17.8 Å². The van der Waals surface area contributed by atoms with E-state index < -0.39 is 23.4 Å². The molecule has 0 amide bonds. The number of nitrogens with two attached hydrogens (primary N) is 1. The molecule has 2 aliphatic rings. The zero-order valence-corrected chi connectivity index (χ0v) is 8.80. The molecule has 0 aromatic rings. The molecule has 0 heterocycles. The number of rotatable bonds is 3. The van der Waals surface area contributed by atoms with E-state index >= 15 is 0 Å². The van der Waals surface area contributed by atoms with Gasteiger partial charge in [0.15, 0.2) is 0 Å². The lowest BCUT2D eigenvalue weighted by Crippen LogP contribution is -2.61. The molecule has 5 heteroatoms. The van der Waals surface area contributed by atoms with Crippen LogP contribution in [0.3, 0.4) is 0 Å². The van der Waals surface area contributed by atoms with Crippen LogP contribution in [-0.4, -0.2) is 27.7 Å². The van der Waals surface area contributed by atoms with Crippen molar-refractivity contribution in [3.05, 3.63) is 12.7 Å². The minimum atomic E-state index is -1.63. The van der Waals surface area contributed by atoms with Crippen LogP contribution in [-0.2, 0) is 9.59 Å². The number of allylic oxidation sites excluding steroid dienone is 1. The van der Waals surface area contributed by atoms with Gasteiger partial charge in [-0.15, -0.1) is 6.58 Å². The molecule has 1 unspecified atom stereocenters. The summed E-state index contributed by atoms with van der Waals surface area (Å²) in [5.74, 6) is -3.67. The molecule has 2 fully saturated rings. The number of fused-ring (bicyclic) bond motifs is 2. The fraction of sp³-hybridized carbons (Fsp3) is 0.636. The van der Waals surface area contributed by atoms with E-state index in [4.69, 9.17) is 10.8 Å². The molecule has 0 aromatic heterocycles. The topological polar surface area (TPSA) is 101 Å². The Hall–Kier alpha value is -1.36. The van der Waals surface area contributed by atoms with E-state index in [1.54, 1.807) is 6.08 Å². The van der Waals surface area contributed by atoms with E-state index in [0.29, 0.717) is 12.8 Å². The molecule has 2 saturated carbocycles. The Balaban J connectivity index is 2.42. The van der Waals surface area contributed by atoms with Crippen LogP contribution >= 0.6 is 0 Å². The molecule has 5 atom stereocenters. The van der Waals surface area contributed by atoms with Crippen LogP contribution in [0, 0.1) is 23.7 Å². The number of carboxylic acid groups (broad SMARTS) is 2. The number of hydrogen-bond acceptors (Lipinski definition) is 3. The summed E-state index contributed by atoms with van der Waals surface area (Å²) in [5, 5.41) is 18.3. The second-order valence-electron chi connectivity index (χ2n) is 4.79. The van der Waals surface area contributed by atoms with Crippen molar-refractivity contribution in [3.63, 3.8) is 0 Å². The average molecular weight is 225 g/mol. The van der Waals surface area contributed by atoms with Crippen molar-refractivity contribution in [3.8, 4) is 0 Å². The Morgan fingerprint density at radius 2 is 2.00 bits per heavy atom. The summed E-state index contributed by atoms with van der Waals surface area (Å²) >= 11 is 0. The van der Waals surface area contributed by atoms with Gasteiger partial charge in [0.2, 0.25) is 0 Å². The highest BCUT2D eigenvalue weighted by molar-refractivity contribution is 5.88. The number of hydrogen-bond donors (Lipinski definition) is 3. The monoisotopic (exact) mass is 225 g/mol. The van der Waals surface area contributed by atoms with E-state index in [1.165, 1.54) is 0 Å². The fourth-order valence-electron chi connectivity index (χ4n) is 3.51. The zero-order chi connectivity index (χ0) is 12.1. The largest absolute Gasteiger partial charge is 0.481 e. The minimum absolute atomic E-state index is 0.0294. The first-order valence-electron chi connectivity index (χ1n) is 5.30. The van der Waals surface area contributed by atoms with Gasteiger partial charge in [0, 0.05) is 0 Å². The molecule has 0 aromatic carbocycles. The molecule has 0 spiro atoms. The summed E-state index contributed by atoms with van der Waals surface area (Å²) < 4.78 is 0. The third-order valence-corrected chi connectivity index (χ3v) is 4.19. The van der Waals surface area contributed by atoms with Crippen LogP contribution in [0.2, 0.25) is 0 Å². The molecule has 0 radical (unpaired) electrons. The first-order chi connectivity index (χ1) is 7.42. The van der Waals surface area contributed by atoms with Gasteiger partial charge < -0.3 is 15.9 Å². The van der Waals surface area contributed by atoms with Gasteiger partial charge in [-0.2, -0.15) is 0 Å². The Labute approximate surface area is 92.9 Å². The van der Waals surface area contributed by atoms with Crippen molar-refractivity contribution in [2.75, 3.05) is 0 Å². The normalized spacial score (nSPS) is 45.6. The number of carbonyl (C=O) groups is 2. The smallest absolute Gasteiger partial charge is 0.324 e. The highest BCUT2D eigenvalue weighted by Crippen LogP contribution is 2.56. The SMILES string of the molecule is C=C[C@@H]1C[C@H]2CC1[C@](N)(C(=O)O)[C@H]2C(=O)O. The van der Waals surface area contributed by atoms with Crippen LogP contribution in [0.1, 0.15) is 12.8 Å². The predicted octanol–water partition coefficient (Wildman–Crippen LogP) is 0.311. The quantitative estimate of drug-likeness (QED) is 0.600. The van der Waals surface area contributed by atoms with Gasteiger partial charge in [-0.05, 0) is 30.6 Å². The lowest BCUT2D eigenvalue weighted by molar-refractivity contribution is -0.159. The molecule has 0 aliphatic heterocycles. The molecule has 88 valence electrons. The third-order valence-electron chi connectivity index (χ3n) is 4.19. The van der Waals surface area contributed by atoms with Gasteiger partial charge >= 0.3 is 11.9 Å². The van der Waals surface area contributed by atoms with Crippen molar-refractivity contribution in [1.82, 2.24) is 0 Å². The first-order valence-corrected chi connectivity index (χ1v) is 5.30. The molecular weight excluding hydrogens is 210 g/mol. The highest BCUT2D eigenvalue weighted by atomic mass is 16.4. The van der Waals surface area contributed by atoms with Crippen LogP contribution in [0.25, 0.3) is 0 Å². The molecule has 4 N–H and O–H groups in total. The standard InChI is InChI=1S/C11H15NO4/c1-2-5-3-6-4-7(5)11(12,10(15)16)8(6)9(13)14/h2,5-8H,1,3-4,12H2,(H,13,14)(H,15,16)/t5-,6+,7?,8-,11-/m1/s1. The molecular formula is C11H15NO4. The van der Waals surface area contributed by atoms with Gasteiger partial charge in [0.05, 0.1) is 5.92 Å². The first kappa shape index (κ1) is 11.1. The molecule has 16 heavy (non-hydrogen) atoms. The molecule has 2 rings (SSSR count). The van der Waals surface area contributed by atoms with E-state index in [9.17, 15) is 14.7 Å². The third kappa shape index (κ3) is 1.15. The van der Waals surface area contributed by atoms with E-state index in [0.717, 1.165) is 0 Å². The number of aliphatic carboxylic acids is 2. The van der Waals surface area contributed by atoms with Crippen LogP contribution in [0.15, 0.2) is 12.7 Å². The fourth-order valence-corrected chi connectivity index (χ4v) is 3.51. The summed E-state index contributed by atoms with van der Waals surface area (Å²) in [4.78, 5) is 22.4. The summed E-state index contributed by atoms with van der Waals surface area (Å²) in [5.41, 5.74) is 4.24. The second-order valence-corrected chi connectivity index (χ2v) is 4.79. The Morgan fingerprint density at radius 3 is 2.44 bits per heavy atom. The zero-order valence-electron chi connectivity index (χ0n) is 8.80. The maximum Gasteiger partial charge on any atom is 0.324 e. The van der Waals surface area contributed by atoms with Crippen LogP contribution in [0.5, 0.6) is 0 Å². The average Bonchev–Trinajstić information content (AvgIpc) is 2.72. The molecule has 5 nitrogen and oxygen atoms in total. The predicted molar refractivity (Wildman–Crippen MR) is 55.6 cm³/mol. The molecule has 0 saturated heterocycles. The molecule has 2 bridgehead atoms. The lowest BCUT2D eigenvalue weighted by Gasteiger charge is -2.38. The van der Waals surface area contributed by atoms with Gasteiger partial charge in [-0.25, -0.2) is 0 Å². The van der Waals surface area contributed by atoms with Crippen molar-refractivity contribution >= 4 is 11.9 Å². The number of carboxylic acids is 2. The van der Waals surface area contributed by atoms with Crippen molar-refractivity contribution < 1.29 is 19.8 Å². The maximum atomic E-state index is 11.3. The second kappa shape index (κ2) is 3.31. The maximum absolute atomic E-state index is 11.3. The lowest BCUT2D eigenvalue weighted by atomic mass is 9.69. The van der Waals surface area contributed by atoms with Gasteiger partial charge in [-0.1, -0.05) is 6.08 Å².